The van der Waals surface area contributed by atoms with Crippen molar-refractivity contribution in [2.24, 2.45) is 11.3 Å². The molecule has 1 heterocycles. The summed E-state index contributed by atoms with van der Waals surface area (Å²) in [6.07, 6.45) is 5.03. The zero-order valence-corrected chi connectivity index (χ0v) is 12.8. The third-order valence-electron chi connectivity index (χ3n) is 5.65. The number of hydrogen-bond acceptors (Lipinski definition) is 4. The van der Waals surface area contributed by atoms with E-state index in [2.05, 4.69) is 21.4 Å². The number of methoxy groups -OCH3 is 1. The van der Waals surface area contributed by atoms with Gasteiger partial charge in [-0.2, -0.15) is 0 Å². The van der Waals surface area contributed by atoms with Crippen LogP contribution in [0.2, 0.25) is 0 Å². The van der Waals surface area contributed by atoms with Gasteiger partial charge >= 0.3 is 6.09 Å². The number of nitrogens with one attached hydrogen (secondary N) is 2. The average molecular weight is 302 g/mol. The first-order valence-electron chi connectivity index (χ1n) is 8.06. The van der Waals surface area contributed by atoms with E-state index in [0.717, 1.165) is 24.4 Å². The fourth-order valence-corrected chi connectivity index (χ4v) is 4.49. The van der Waals surface area contributed by atoms with Crippen molar-refractivity contribution in [2.75, 3.05) is 24.4 Å². The van der Waals surface area contributed by atoms with E-state index >= 15 is 0 Å². The van der Waals surface area contributed by atoms with Gasteiger partial charge in [-0.15, -0.1) is 0 Å². The van der Waals surface area contributed by atoms with E-state index in [0.29, 0.717) is 23.5 Å². The summed E-state index contributed by atoms with van der Waals surface area (Å²) in [5, 5.41) is 6.41. The number of fused-ring (bicyclic) bond motifs is 2. The molecule has 22 heavy (non-hydrogen) atoms. The van der Waals surface area contributed by atoms with Crippen LogP contribution in [-0.4, -0.2) is 32.0 Å². The molecule has 1 aromatic rings. The molecule has 3 fully saturated rings. The quantitative estimate of drug-likeness (QED) is 0.900. The summed E-state index contributed by atoms with van der Waals surface area (Å²) in [4.78, 5) is 11.3. The minimum absolute atomic E-state index is 0.354. The predicted molar refractivity (Wildman–Crippen MR) is 84.0 cm³/mol. The van der Waals surface area contributed by atoms with Crippen LogP contribution in [0.15, 0.2) is 24.3 Å². The monoisotopic (exact) mass is 302 g/mol. The Kier molecular flexibility index (Phi) is 3.26. The molecule has 118 valence electrons. The third kappa shape index (κ3) is 1.99. The SMILES string of the molecule is COC(=O)Nc1cccc(N[C@@H]2[C@H]3CCO[C@H]3C23CCC3)c1. The number of anilines is 2. The molecule has 0 unspecified atom stereocenters. The van der Waals surface area contributed by atoms with Gasteiger partial charge in [-0.3, -0.25) is 5.32 Å². The highest BCUT2D eigenvalue weighted by molar-refractivity contribution is 5.85. The summed E-state index contributed by atoms with van der Waals surface area (Å²) in [5.41, 5.74) is 2.15. The lowest BCUT2D eigenvalue weighted by molar-refractivity contribution is -0.158. The van der Waals surface area contributed by atoms with Crippen molar-refractivity contribution in [3.8, 4) is 0 Å². The molecule has 5 heteroatoms. The molecule has 3 aliphatic rings. The zero-order chi connectivity index (χ0) is 15.2. The maximum Gasteiger partial charge on any atom is 0.411 e. The standard InChI is InChI=1S/C17H22N2O3/c1-21-16(20)19-12-5-2-4-11(10-12)18-14-13-6-9-22-15(13)17(14)7-3-8-17/h2,4-5,10,13-15,18H,3,6-9H2,1H3,(H,19,20)/t13-,14-,15-/m1/s1. The van der Waals surface area contributed by atoms with Crippen LogP contribution in [0, 0.1) is 11.3 Å². The lowest BCUT2D eigenvalue weighted by Gasteiger charge is -2.63. The number of carbonyl (C=O) groups is 1. The normalized spacial score (nSPS) is 30.9. The predicted octanol–water partition coefficient (Wildman–Crippen LogP) is 3.23. The Morgan fingerprint density at radius 3 is 2.91 bits per heavy atom. The molecule has 1 aliphatic heterocycles. The Labute approximate surface area is 130 Å². The van der Waals surface area contributed by atoms with Gasteiger partial charge in [-0.1, -0.05) is 12.5 Å². The van der Waals surface area contributed by atoms with Crippen LogP contribution in [0.4, 0.5) is 16.2 Å². The van der Waals surface area contributed by atoms with E-state index in [1.807, 2.05) is 18.2 Å². The summed E-state index contributed by atoms with van der Waals surface area (Å²) in [7, 11) is 1.37. The summed E-state index contributed by atoms with van der Waals surface area (Å²) in [6.45, 7) is 0.902. The van der Waals surface area contributed by atoms with E-state index in [-0.39, 0.29) is 0 Å². The minimum atomic E-state index is -0.444. The van der Waals surface area contributed by atoms with E-state index in [1.165, 1.54) is 26.4 Å². The summed E-state index contributed by atoms with van der Waals surface area (Å²) < 4.78 is 10.6. The van der Waals surface area contributed by atoms with Gasteiger partial charge in [0.15, 0.2) is 0 Å². The number of ether oxygens (including phenoxy) is 2. The molecular formula is C17H22N2O3. The summed E-state index contributed by atoms with van der Waals surface area (Å²) in [6, 6.07) is 8.33. The van der Waals surface area contributed by atoms with Crippen LogP contribution in [0.5, 0.6) is 0 Å². The van der Waals surface area contributed by atoms with Gasteiger partial charge in [-0.05, 0) is 37.5 Å². The van der Waals surface area contributed by atoms with E-state index < -0.39 is 6.09 Å². The molecule has 2 N–H and O–H groups in total. The van der Waals surface area contributed by atoms with Gasteiger partial charge in [-0.25, -0.2) is 4.79 Å². The van der Waals surface area contributed by atoms with Crippen molar-refractivity contribution in [1.82, 2.24) is 0 Å². The van der Waals surface area contributed by atoms with Gasteiger partial charge in [0.2, 0.25) is 0 Å². The fourth-order valence-electron chi connectivity index (χ4n) is 4.49. The topological polar surface area (TPSA) is 59.6 Å². The van der Waals surface area contributed by atoms with Crippen molar-refractivity contribution in [3.05, 3.63) is 24.3 Å². The molecule has 1 saturated heterocycles. The zero-order valence-electron chi connectivity index (χ0n) is 12.8. The number of hydrogen-bond donors (Lipinski definition) is 2. The van der Waals surface area contributed by atoms with Gasteiger partial charge in [0.25, 0.3) is 0 Å². The first kappa shape index (κ1) is 13.9. The average Bonchev–Trinajstić information content (AvgIpc) is 2.89. The Hall–Kier alpha value is -1.75. The molecule has 1 spiro atoms. The van der Waals surface area contributed by atoms with Crippen LogP contribution >= 0.6 is 0 Å². The number of rotatable bonds is 3. The Morgan fingerprint density at radius 2 is 2.18 bits per heavy atom. The van der Waals surface area contributed by atoms with Crippen molar-refractivity contribution < 1.29 is 14.3 Å². The summed E-state index contributed by atoms with van der Waals surface area (Å²) >= 11 is 0. The smallest absolute Gasteiger partial charge is 0.411 e. The maximum absolute atomic E-state index is 11.3. The molecule has 3 atom stereocenters. The molecule has 0 aromatic heterocycles. The molecule has 5 nitrogen and oxygen atoms in total. The Morgan fingerprint density at radius 1 is 1.36 bits per heavy atom. The second-order valence-electron chi connectivity index (χ2n) is 6.65. The second kappa shape index (κ2) is 5.16. The minimum Gasteiger partial charge on any atom is -0.453 e. The van der Waals surface area contributed by atoms with Crippen LogP contribution < -0.4 is 10.6 Å². The number of amides is 1. The Bertz CT molecular complexity index is 585. The molecule has 2 aliphatic carbocycles. The molecular weight excluding hydrogens is 280 g/mol. The van der Waals surface area contributed by atoms with Crippen LogP contribution in [-0.2, 0) is 9.47 Å². The van der Waals surface area contributed by atoms with E-state index in [1.54, 1.807) is 0 Å². The highest BCUT2D eigenvalue weighted by Crippen LogP contribution is 2.63. The van der Waals surface area contributed by atoms with Gasteiger partial charge in [0.05, 0.1) is 13.2 Å². The van der Waals surface area contributed by atoms with Gasteiger partial charge in [0.1, 0.15) is 0 Å². The molecule has 1 aromatic carbocycles. The highest BCUT2D eigenvalue weighted by atomic mass is 16.5. The maximum atomic E-state index is 11.3. The van der Waals surface area contributed by atoms with Gasteiger partial charge < -0.3 is 14.8 Å². The summed E-state index contributed by atoms with van der Waals surface area (Å²) in [5.74, 6) is 0.637. The van der Waals surface area contributed by atoms with E-state index in [4.69, 9.17) is 4.74 Å². The van der Waals surface area contributed by atoms with Crippen molar-refractivity contribution >= 4 is 17.5 Å². The van der Waals surface area contributed by atoms with Crippen molar-refractivity contribution in [2.45, 2.75) is 37.8 Å². The third-order valence-corrected chi connectivity index (χ3v) is 5.65. The first-order valence-corrected chi connectivity index (χ1v) is 8.06. The lowest BCUT2D eigenvalue weighted by atomic mass is 9.46. The van der Waals surface area contributed by atoms with Crippen LogP contribution in [0.3, 0.4) is 0 Å². The number of carbonyl (C=O) groups excluding carboxylic acids is 1. The fraction of sp³-hybridized carbons (Fsp3) is 0.588. The molecule has 2 saturated carbocycles. The molecule has 0 radical (unpaired) electrons. The largest absolute Gasteiger partial charge is 0.453 e. The second-order valence-corrected chi connectivity index (χ2v) is 6.65. The number of benzene rings is 1. The van der Waals surface area contributed by atoms with Crippen molar-refractivity contribution in [3.63, 3.8) is 0 Å². The first-order chi connectivity index (χ1) is 10.7. The lowest BCUT2D eigenvalue weighted by Crippen LogP contribution is -2.68. The molecule has 4 rings (SSSR count). The molecule has 0 bridgehead atoms. The highest BCUT2D eigenvalue weighted by Gasteiger charge is 2.66. The van der Waals surface area contributed by atoms with Crippen molar-refractivity contribution in [1.29, 1.82) is 0 Å². The van der Waals surface area contributed by atoms with Crippen LogP contribution in [0.1, 0.15) is 25.7 Å². The van der Waals surface area contributed by atoms with Gasteiger partial charge in [0, 0.05) is 35.4 Å². The van der Waals surface area contributed by atoms with Crippen LogP contribution in [0.25, 0.3) is 0 Å². The molecule has 1 amide bonds. The van der Waals surface area contributed by atoms with E-state index in [9.17, 15) is 4.79 Å². The Balaban J connectivity index is 1.49.